The molecular formula is C16H20ClN3O5S. The minimum atomic E-state index is -3.67. The Labute approximate surface area is 156 Å². The second kappa shape index (κ2) is 9.11. The predicted molar refractivity (Wildman–Crippen MR) is 94.7 cm³/mol. The quantitative estimate of drug-likeness (QED) is 0.641. The minimum absolute atomic E-state index is 0.0860. The van der Waals surface area contributed by atoms with Gasteiger partial charge in [0.25, 0.3) is 0 Å². The van der Waals surface area contributed by atoms with Crippen LogP contribution in [0.1, 0.15) is 36.8 Å². The molecule has 0 aliphatic rings. The van der Waals surface area contributed by atoms with Crippen LogP contribution in [0.5, 0.6) is 0 Å². The third-order valence-electron chi connectivity index (χ3n) is 3.21. The number of benzene rings is 1. The summed E-state index contributed by atoms with van der Waals surface area (Å²) in [4.78, 5) is 15.8. The molecule has 0 aliphatic heterocycles. The summed E-state index contributed by atoms with van der Waals surface area (Å²) in [6, 6.07) is 5.74. The number of ether oxygens (including phenoxy) is 1. The number of nitrogens with one attached hydrogen (secondary N) is 1. The summed E-state index contributed by atoms with van der Waals surface area (Å²) in [6.07, 6.45) is 0.766. The van der Waals surface area contributed by atoms with Gasteiger partial charge in [0, 0.05) is 18.2 Å². The Bertz CT molecular complexity index is 834. The number of carbonyl (C=O) groups is 1. The topological polar surface area (TPSA) is 111 Å². The molecule has 8 nitrogen and oxygen atoms in total. The summed E-state index contributed by atoms with van der Waals surface area (Å²) in [5.74, 6) is -1.41. The first-order chi connectivity index (χ1) is 12.3. The Morgan fingerprint density at radius 3 is 2.65 bits per heavy atom. The van der Waals surface area contributed by atoms with Crippen LogP contribution < -0.4 is 5.32 Å². The molecule has 0 atom stereocenters. The number of amides is 1. The van der Waals surface area contributed by atoms with Crippen molar-refractivity contribution in [1.82, 2.24) is 15.5 Å². The minimum Gasteiger partial charge on any atom is -0.379 e. The van der Waals surface area contributed by atoms with Crippen LogP contribution in [0.4, 0.5) is 0 Å². The highest BCUT2D eigenvalue weighted by molar-refractivity contribution is 7.90. The van der Waals surface area contributed by atoms with Crippen molar-refractivity contribution in [3.63, 3.8) is 0 Å². The van der Waals surface area contributed by atoms with E-state index in [0.29, 0.717) is 24.6 Å². The van der Waals surface area contributed by atoms with Crippen molar-refractivity contribution in [2.24, 2.45) is 0 Å². The highest BCUT2D eigenvalue weighted by Gasteiger charge is 2.21. The number of nitrogens with zero attached hydrogens (tertiary/aromatic N) is 2. The monoisotopic (exact) mass is 401 g/mol. The normalized spacial score (nSPS) is 11.7. The average molecular weight is 402 g/mol. The lowest BCUT2D eigenvalue weighted by molar-refractivity contribution is 0.0751. The maximum atomic E-state index is 12.3. The Morgan fingerprint density at radius 1 is 1.31 bits per heavy atom. The maximum absolute atomic E-state index is 12.3. The third-order valence-corrected chi connectivity index (χ3v) is 5.09. The molecule has 0 fully saturated rings. The van der Waals surface area contributed by atoms with Gasteiger partial charge in [-0.1, -0.05) is 16.8 Å². The Hall–Kier alpha value is -1.97. The molecule has 10 heteroatoms. The fourth-order valence-corrected chi connectivity index (χ4v) is 3.27. The third kappa shape index (κ3) is 6.08. The molecule has 0 unspecified atom stereocenters. The molecule has 1 N–H and O–H groups in total. The molecule has 0 bridgehead atoms. The van der Waals surface area contributed by atoms with Crippen LogP contribution in [0.25, 0.3) is 0 Å². The lowest BCUT2D eigenvalue weighted by Crippen LogP contribution is -2.26. The number of carbonyl (C=O) groups excluding carboxylic acids is 1. The fourth-order valence-electron chi connectivity index (χ4n) is 1.97. The first kappa shape index (κ1) is 20.3. The number of hydrogen-bond acceptors (Lipinski definition) is 7. The molecule has 26 heavy (non-hydrogen) atoms. The van der Waals surface area contributed by atoms with Crippen LogP contribution in [-0.2, 0) is 20.3 Å². The first-order valence-electron chi connectivity index (χ1n) is 7.98. The van der Waals surface area contributed by atoms with E-state index in [4.69, 9.17) is 20.9 Å². The van der Waals surface area contributed by atoms with Crippen molar-refractivity contribution in [2.45, 2.75) is 37.0 Å². The van der Waals surface area contributed by atoms with Crippen molar-refractivity contribution in [3.05, 3.63) is 41.0 Å². The number of halogens is 1. The van der Waals surface area contributed by atoms with Crippen LogP contribution in [0.2, 0.25) is 5.02 Å². The average Bonchev–Trinajstić information content (AvgIpc) is 3.02. The molecule has 0 spiro atoms. The van der Waals surface area contributed by atoms with E-state index in [-0.39, 0.29) is 22.7 Å². The highest BCUT2D eigenvalue weighted by atomic mass is 35.5. The fraction of sp³-hybridized carbons (Fsp3) is 0.438. The zero-order chi connectivity index (χ0) is 19.2. The SMILES string of the molecule is CC(C)OCCCNC(=O)c1nc(CS(=O)(=O)c2ccc(Cl)cc2)no1. The first-order valence-corrected chi connectivity index (χ1v) is 10.0. The van der Waals surface area contributed by atoms with Gasteiger partial charge in [-0.3, -0.25) is 4.79 Å². The van der Waals surface area contributed by atoms with Gasteiger partial charge in [-0.05, 0) is 44.5 Å². The molecule has 1 aromatic carbocycles. The van der Waals surface area contributed by atoms with Crippen LogP contribution in [0.15, 0.2) is 33.7 Å². The summed E-state index contributed by atoms with van der Waals surface area (Å²) < 4.78 is 34.8. The van der Waals surface area contributed by atoms with Crippen molar-refractivity contribution in [1.29, 1.82) is 0 Å². The molecule has 2 aromatic rings. The largest absolute Gasteiger partial charge is 0.379 e. The van der Waals surface area contributed by atoms with E-state index in [0.717, 1.165) is 0 Å². The van der Waals surface area contributed by atoms with E-state index in [1.807, 2.05) is 13.8 Å². The van der Waals surface area contributed by atoms with E-state index < -0.39 is 21.5 Å². The second-order valence-electron chi connectivity index (χ2n) is 5.76. The molecule has 0 saturated carbocycles. The van der Waals surface area contributed by atoms with Crippen molar-refractivity contribution in [2.75, 3.05) is 13.2 Å². The van der Waals surface area contributed by atoms with E-state index in [9.17, 15) is 13.2 Å². The Kier molecular flexibility index (Phi) is 7.13. The highest BCUT2D eigenvalue weighted by Crippen LogP contribution is 2.18. The molecule has 0 aliphatic carbocycles. The van der Waals surface area contributed by atoms with Gasteiger partial charge >= 0.3 is 11.8 Å². The molecular weight excluding hydrogens is 382 g/mol. The maximum Gasteiger partial charge on any atom is 0.315 e. The molecule has 1 amide bonds. The smallest absolute Gasteiger partial charge is 0.315 e. The van der Waals surface area contributed by atoms with Crippen molar-refractivity contribution in [3.8, 4) is 0 Å². The molecule has 0 saturated heterocycles. The van der Waals surface area contributed by atoms with Gasteiger partial charge in [-0.15, -0.1) is 0 Å². The molecule has 142 valence electrons. The van der Waals surface area contributed by atoms with Gasteiger partial charge in [0.05, 0.1) is 11.0 Å². The van der Waals surface area contributed by atoms with Crippen molar-refractivity contribution >= 4 is 27.3 Å². The van der Waals surface area contributed by atoms with Crippen LogP contribution in [-0.4, -0.2) is 43.7 Å². The summed E-state index contributed by atoms with van der Waals surface area (Å²) >= 11 is 5.75. The van der Waals surface area contributed by atoms with E-state index in [1.165, 1.54) is 24.3 Å². The number of hydrogen-bond donors (Lipinski definition) is 1. The molecule has 2 rings (SSSR count). The number of sulfone groups is 1. The van der Waals surface area contributed by atoms with Gasteiger partial charge in [-0.2, -0.15) is 4.98 Å². The van der Waals surface area contributed by atoms with Gasteiger partial charge in [0.15, 0.2) is 15.7 Å². The summed E-state index contributed by atoms with van der Waals surface area (Å²) in [5, 5.41) is 6.60. The molecule has 1 aromatic heterocycles. The summed E-state index contributed by atoms with van der Waals surface area (Å²) in [7, 11) is -3.67. The lowest BCUT2D eigenvalue weighted by atomic mass is 10.4. The van der Waals surface area contributed by atoms with Crippen LogP contribution >= 0.6 is 11.6 Å². The van der Waals surface area contributed by atoms with Gasteiger partial charge < -0.3 is 14.6 Å². The Morgan fingerprint density at radius 2 is 2.00 bits per heavy atom. The summed E-state index contributed by atoms with van der Waals surface area (Å²) in [5.41, 5.74) is 0. The molecule has 0 radical (unpaired) electrons. The second-order valence-corrected chi connectivity index (χ2v) is 8.18. The predicted octanol–water partition coefficient (Wildman–Crippen LogP) is 2.24. The zero-order valence-electron chi connectivity index (χ0n) is 14.4. The summed E-state index contributed by atoms with van der Waals surface area (Å²) in [6.45, 7) is 4.76. The zero-order valence-corrected chi connectivity index (χ0v) is 16.0. The van der Waals surface area contributed by atoms with Gasteiger partial charge in [0.2, 0.25) is 0 Å². The lowest BCUT2D eigenvalue weighted by Gasteiger charge is -2.06. The van der Waals surface area contributed by atoms with Crippen LogP contribution in [0, 0.1) is 0 Å². The van der Waals surface area contributed by atoms with E-state index in [2.05, 4.69) is 15.5 Å². The van der Waals surface area contributed by atoms with Gasteiger partial charge in [0.1, 0.15) is 5.75 Å². The van der Waals surface area contributed by atoms with Crippen LogP contribution in [0.3, 0.4) is 0 Å². The van der Waals surface area contributed by atoms with E-state index >= 15 is 0 Å². The Balaban J connectivity index is 1.90. The standard InChI is InChI=1S/C16H20ClN3O5S/c1-11(2)24-9-3-8-18-15(21)16-19-14(20-25-16)10-26(22,23)13-6-4-12(17)5-7-13/h4-7,11H,3,8-10H2,1-2H3,(H,18,21). The van der Waals surface area contributed by atoms with Crippen molar-refractivity contribution < 1.29 is 22.5 Å². The van der Waals surface area contributed by atoms with E-state index in [1.54, 1.807) is 0 Å². The number of aromatic nitrogens is 2. The molecule has 1 heterocycles. The number of rotatable bonds is 9. The van der Waals surface area contributed by atoms with Gasteiger partial charge in [-0.25, -0.2) is 8.42 Å².